The summed E-state index contributed by atoms with van der Waals surface area (Å²) in [6.45, 7) is 6.03. The molecule has 2 rings (SSSR count). The van der Waals surface area contributed by atoms with Gasteiger partial charge < -0.3 is 0 Å². The molecule has 0 saturated heterocycles. The summed E-state index contributed by atoms with van der Waals surface area (Å²) < 4.78 is 13.1. The highest BCUT2D eigenvalue weighted by Gasteiger charge is 2.17. The molecule has 17 heavy (non-hydrogen) atoms. The minimum Gasteiger partial charge on any atom is -0.207 e. The molecule has 0 bridgehead atoms. The van der Waals surface area contributed by atoms with Gasteiger partial charge in [-0.3, -0.25) is 0 Å². The molecule has 90 valence electrons. The van der Waals surface area contributed by atoms with E-state index in [-0.39, 0.29) is 11.2 Å². The molecule has 1 heterocycles. The molecule has 0 fully saturated rings. The van der Waals surface area contributed by atoms with E-state index in [4.69, 9.17) is 11.6 Å². The molecule has 0 spiro atoms. The van der Waals surface area contributed by atoms with E-state index < -0.39 is 0 Å². The van der Waals surface area contributed by atoms with E-state index >= 15 is 0 Å². The molecule has 0 aliphatic heterocycles. The lowest BCUT2D eigenvalue weighted by molar-refractivity contribution is 0.625. The van der Waals surface area contributed by atoms with E-state index in [1.54, 1.807) is 17.4 Å². The second-order valence-electron chi connectivity index (χ2n) is 4.23. The Balaban J connectivity index is 2.43. The maximum atomic E-state index is 13.1. The summed E-state index contributed by atoms with van der Waals surface area (Å²) in [4.78, 5) is 2.48. The normalized spacial score (nSPS) is 12.8. The van der Waals surface area contributed by atoms with Crippen LogP contribution in [-0.4, -0.2) is 0 Å². The summed E-state index contributed by atoms with van der Waals surface area (Å²) in [6, 6.07) is 6.88. The Morgan fingerprint density at radius 3 is 2.35 bits per heavy atom. The van der Waals surface area contributed by atoms with Crippen LogP contribution in [0.25, 0.3) is 0 Å². The van der Waals surface area contributed by atoms with Gasteiger partial charge in [-0.15, -0.1) is 22.9 Å². The lowest BCUT2D eigenvalue weighted by Crippen LogP contribution is -1.97. The quantitative estimate of drug-likeness (QED) is 0.662. The first-order chi connectivity index (χ1) is 7.99. The SMILES string of the molecule is Cc1cc(C(Cl)c2ccc(F)cc2C)c(C)s1. The molecule has 0 saturated carbocycles. The second kappa shape index (κ2) is 4.79. The molecular weight excluding hydrogens is 255 g/mol. The van der Waals surface area contributed by atoms with E-state index in [1.807, 2.05) is 6.92 Å². The van der Waals surface area contributed by atoms with Crippen molar-refractivity contribution in [3.05, 3.63) is 56.5 Å². The molecule has 0 aliphatic carbocycles. The minimum absolute atomic E-state index is 0.194. The summed E-state index contributed by atoms with van der Waals surface area (Å²) in [6.07, 6.45) is 0. The molecule has 1 unspecified atom stereocenters. The fraction of sp³-hybridized carbons (Fsp3) is 0.286. The largest absolute Gasteiger partial charge is 0.207 e. The summed E-state index contributed by atoms with van der Waals surface area (Å²) in [5.74, 6) is -0.215. The number of hydrogen-bond donors (Lipinski definition) is 0. The van der Waals surface area contributed by atoms with Crippen molar-refractivity contribution in [1.82, 2.24) is 0 Å². The van der Waals surface area contributed by atoms with Crippen LogP contribution in [0.2, 0.25) is 0 Å². The molecule has 1 aromatic carbocycles. The zero-order valence-corrected chi connectivity index (χ0v) is 11.6. The minimum atomic E-state index is -0.215. The third-order valence-electron chi connectivity index (χ3n) is 2.86. The monoisotopic (exact) mass is 268 g/mol. The van der Waals surface area contributed by atoms with Crippen LogP contribution >= 0.6 is 22.9 Å². The molecule has 1 atom stereocenters. The van der Waals surface area contributed by atoms with E-state index in [0.29, 0.717) is 0 Å². The molecule has 1 aromatic heterocycles. The van der Waals surface area contributed by atoms with Crippen LogP contribution in [0.5, 0.6) is 0 Å². The first kappa shape index (κ1) is 12.6. The first-order valence-corrected chi connectivity index (χ1v) is 6.71. The fourth-order valence-electron chi connectivity index (χ4n) is 1.99. The van der Waals surface area contributed by atoms with Gasteiger partial charge in [0, 0.05) is 9.75 Å². The Morgan fingerprint density at radius 1 is 1.12 bits per heavy atom. The van der Waals surface area contributed by atoms with Gasteiger partial charge in [-0.25, -0.2) is 4.39 Å². The van der Waals surface area contributed by atoms with Crippen LogP contribution in [0.3, 0.4) is 0 Å². The van der Waals surface area contributed by atoms with Gasteiger partial charge in [-0.05, 0) is 55.7 Å². The highest BCUT2D eigenvalue weighted by Crippen LogP contribution is 2.36. The third kappa shape index (κ3) is 2.53. The van der Waals surface area contributed by atoms with Crippen LogP contribution < -0.4 is 0 Å². The van der Waals surface area contributed by atoms with Gasteiger partial charge in [-0.1, -0.05) is 6.07 Å². The van der Waals surface area contributed by atoms with Gasteiger partial charge in [0.25, 0.3) is 0 Å². The maximum absolute atomic E-state index is 13.1. The smallest absolute Gasteiger partial charge is 0.123 e. The lowest BCUT2D eigenvalue weighted by Gasteiger charge is -2.12. The van der Waals surface area contributed by atoms with Crippen LogP contribution in [0.1, 0.15) is 31.8 Å². The molecular formula is C14H14ClFS. The molecule has 3 heteroatoms. The zero-order valence-electron chi connectivity index (χ0n) is 10.1. The van der Waals surface area contributed by atoms with Crippen molar-refractivity contribution < 1.29 is 4.39 Å². The predicted molar refractivity (Wildman–Crippen MR) is 72.6 cm³/mol. The standard InChI is InChI=1S/C14H14ClFS/c1-8-6-11(16)4-5-12(8)14(15)13-7-9(2)17-10(13)3/h4-7,14H,1-3H3. The lowest BCUT2D eigenvalue weighted by atomic mass is 10.0. The Kier molecular flexibility index (Phi) is 3.55. The second-order valence-corrected chi connectivity index (χ2v) is 6.13. The number of halogens is 2. The van der Waals surface area contributed by atoms with Crippen LogP contribution in [0.4, 0.5) is 4.39 Å². The average Bonchev–Trinajstić information content (AvgIpc) is 2.57. The zero-order chi connectivity index (χ0) is 12.6. The van der Waals surface area contributed by atoms with E-state index in [1.165, 1.54) is 21.9 Å². The Morgan fingerprint density at radius 2 is 1.82 bits per heavy atom. The number of aryl methyl sites for hydroxylation is 3. The number of thiophene rings is 1. The van der Waals surface area contributed by atoms with Crippen LogP contribution in [-0.2, 0) is 0 Å². The fourth-order valence-corrected chi connectivity index (χ4v) is 3.49. The van der Waals surface area contributed by atoms with E-state index in [0.717, 1.165) is 16.7 Å². The van der Waals surface area contributed by atoms with Gasteiger partial charge >= 0.3 is 0 Å². The number of benzene rings is 1. The van der Waals surface area contributed by atoms with Crippen molar-refractivity contribution >= 4 is 22.9 Å². The van der Waals surface area contributed by atoms with Crippen molar-refractivity contribution in [3.8, 4) is 0 Å². The maximum Gasteiger partial charge on any atom is 0.123 e. The molecule has 0 radical (unpaired) electrons. The topological polar surface area (TPSA) is 0 Å². The van der Waals surface area contributed by atoms with Gasteiger partial charge in [-0.2, -0.15) is 0 Å². The Labute approximate surface area is 110 Å². The van der Waals surface area contributed by atoms with E-state index in [9.17, 15) is 4.39 Å². The Bertz CT molecular complexity index is 545. The molecule has 0 amide bonds. The van der Waals surface area contributed by atoms with E-state index in [2.05, 4.69) is 19.9 Å². The molecule has 0 N–H and O–H groups in total. The summed E-state index contributed by atoms with van der Waals surface area (Å²) in [7, 11) is 0. The molecule has 0 aliphatic rings. The Hall–Kier alpha value is -0.860. The summed E-state index contributed by atoms with van der Waals surface area (Å²) in [5.41, 5.74) is 3.01. The van der Waals surface area contributed by atoms with Crippen molar-refractivity contribution in [2.75, 3.05) is 0 Å². The average molecular weight is 269 g/mol. The van der Waals surface area contributed by atoms with Crippen molar-refractivity contribution in [3.63, 3.8) is 0 Å². The van der Waals surface area contributed by atoms with Crippen molar-refractivity contribution in [1.29, 1.82) is 0 Å². The molecule has 0 nitrogen and oxygen atoms in total. The number of hydrogen-bond acceptors (Lipinski definition) is 1. The van der Waals surface area contributed by atoms with Gasteiger partial charge in [0.15, 0.2) is 0 Å². The van der Waals surface area contributed by atoms with Gasteiger partial charge in [0.2, 0.25) is 0 Å². The third-order valence-corrected chi connectivity index (χ3v) is 4.31. The van der Waals surface area contributed by atoms with Crippen LogP contribution in [0.15, 0.2) is 24.3 Å². The number of alkyl halides is 1. The summed E-state index contributed by atoms with van der Waals surface area (Å²) in [5, 5.41) is -0.194. The highest BCUT2D eigenvalue weighted by atomic mass is 35.5. The molecule has 2 aromatic rings. The van der Waals surface area contributed by atoms with Crippen molar-refractivity contribution in [2.45, 2.75) is 26.1 Å². The first-order valence-electron chi connectivity index (χ1n) is 5.46. The highest BCUT2D eigenvalue weighted by molar-refractivity contribution is 7.12. The predicted octanol–water partition coefficient (Wildman–Crippen LogP) is 5.14. The summed E-state index contributed by atoms with van der Waals surface area (Å²) >= 11 is 8.23. The van der Waals surface area contributed by atoms with Gasteiger partial charge in [0.1, 0.15) is 5.82 Å². The van der Waals surface area contributed by atoms with Crippen LogP contribution in [0, 0.1) is 26.6 Å². The van der Waals surface area contributed by atoms with Crippen molar-refractivity contribution in [2.24, 2.45) is 0 Å². The number of rotatable bonds is 2. The van der Waals surface area contributed by atoms with Gasteiger partial charge in [0.05, 0.1) is 5.38 Å².